The molecule has 2 heterocycles. The first-order valence-electron chi connectivity index (χ1n) is 10.2. The minimum Gasteiger partial charge on any atom is -0.340 e. The van der Waals surface area contributed by atoms with E-state index in [1.165, 1.54) is 10.4 Å². The van der Waals surface area contributed by atoms with Crippen LogP contribution in [0.1, 0.15) is 12.0 Å². The SMILES string of the molecule is O=C(CCc1cnn(-c2ccccc2)c1)N1CCN(S(=O)(=O)c2ccc(F)c(Cl)c2)CC1. The number of aromatic nitrogens is 2. The van der Waals surface area contributed by atoms with Gasteiger partial charge in [-0.3, -0.25) is 4.79 Å². The predicted molar refractivity (Wildman–Crippen MR) is 119 cm³/mol. The maximum Gasteiger partial charge on any atom is 0.243 e. The van der Waals surface area contributed by atoms with E-state index in [0.29, 0.717) is 25.9 Å². The lowest BCUT2D eigenvalue weighted by Crippen LogP contribution is -2.50. The lowest BCUT2D eigenvalue weighted by molar-refractivity contribution is -0.132. The number of nitrogens with zero attached hydrogens (tertiary/aromatic N) is 4. The number of rotatable bonds is 6. The van der Waals surface area contributed by atoms with E-state index in [0.717, 1.165) is 23.4 Å². The van der Waals surface area contributed by atoms with Crippen molar-refractivity contribution in [2.24, 2.45) is 0 Å². The molecular weight excluding hydrogens is 455 g/mol. The number of carbonyl (C=O) groups is 1. The van der Waals surface area contributed by atoms with Gasteiger partial charge in [0.05, 0.1) is 21.8 Å². The number of carbonyl (C=O) groups excluding carboxylic acids is 1. The van der Waals surface area contributed by atoms with Gasteiger partial charge in [-0.05, 0) is 42.3 Å². The Morgan fingerprint density at radius 1 is 1.06 bits per heavy atom. The predicted octanol–water partition coefficient (Wildman–Crippen LogP) is 3.13. The molecule has 3 aromatic rings. The molecular formula is C22H22ClFN4O3S. The summed E-state index contributed by atoms with van der Waals surface area (Å²) in [6.45, 7) is 0.955. The first-order chi connectivity index (χ1) is 15.3. The van der Waals surface area contributed by atoms with Gasteiger partial charge in [0, 0.05) is 38.8 Å². The van der Waals surface area contributed by atoms with Gasteiger partial charge in [0.1, 0.15) is 5.82 Å². The maximum absolute atomic E-state index is 13.4. The number of sulfonamides is 1. The number of benzene rings is 2. The average molecular weight is 477 g/mol. The molecule has 0 unspecified atom stereocenters. The van der Waals surface area contributed by atoms with Crippen molar-refractivity contribution in [3.8, 4) is 5.69 Å². The minimum atomic E-state index is -3.80. The summed E-state index contributed by atoms with van der Waals surface area (Å²) in [4.78, 5) is 14.2. The second kappa shape index (κ2) is 9.40. The highest BCUT2D eigenvalue weighted by Gasteiger charge is 2.30. The number of halogens is 2. The van der Waals surface area contributed by atoms with Gasteiger partial charge in [-0.25, -0.2) is 17.5 Å². The van der Waals surface area contributed by atoms with Gasteiger partial charge in [-0.15, -0.1) is 0 Å². The Labute approximate surface area is 191 Å². The molecule has 1 aliphatic rings. The zero-order valence-electron chi connectivity index (χ0n) is 17.2. The molecule has 10 heteroatoms. The second-order valence-electron chi connectivity index (χ2n) is 7.49. The summed E-state index contributed by atoms with van der Waals surface area (Å²) < 4.78 is 42.0. The van der Waals surface area contributed by atoms with Crippen LogP contribution in [-0.2, 0) is 21.2 Å². The van der Waals surface area contributed by atoms with Gasteiger partial charge in [0.25, 0.3) is 0 Å². The van der Waals surface area contributed by atoms with E-state index < -0.39 is 15.8 Å². The molecule has 1 fully saturated rings. The topological polar surface area (TPSA) is 75.5 Å². The van der Waals surface area contributed by atoms with Crippen molar-refractivity contribution >= 4 is 27.5 Å². The summed E-state index contributed by atoms with van der Waals surface area (Å²) >= 11 is 5.73. The number of hydrogen-bond acceptors (Lipinski definition) is 4. The fourth-order valence-electron chi connectivity index (χ4n) is 3.58. The van der Waals surface area contributed by atoms with Crippen molar-refractivity contribution in [2.45, 2.75) is 17.7 Å². The van der Waals surface area contributed by atoms with Crippen molar-refractivity contribution in [1.29, 1.82) is 0 Å². The second-order valence-corrected chi connectivity index (χ2v) is 9.83. The molecule has 4 rings (SSSR count). The molecule has 1 amide bonds. The van der Waals surface area contributed by atoms with E-state index in [1.807, 2.05) is 36.5 Å². The average Bonchev–Trinajstić information content (AvgIpc) is 3.29. The van der Waals surface area contributed by atoms with Crippen LogP contribution in [0, 0.1) is 5.82 Å². The molecule has 1 aliphatic heterocycles. The molecule has 7 nitrogen and oxygen atoms in total. The molecule has 1 aromatic heterocycles. The fourth-order valence-corrected chi connectivity index (χ4v) is 5.28. The Morgan fingerprint density at radius 3 is 2.47 bits per heavy atom. The zero-order valence-corrected chi connectivity index (χ0v) is 18.8. The number of hydrogen-bond donors (Lipinski definition) is 0. The largest absolute Gasteiger partial charge is 0.340 e. The molecule has 0 N–H and O–H groups in total. The molecule has 1 saturated heterocycles. The van der Waals surface area contributed by atoms with E-state index in [2.05, 4.69) is 5.10 Å². The van der Waals surface area contributed by atoms with Crippen molar-refractivity contribution in [2.75, 3.05) is 26.2 Å². The van der Waals surface area contributed by atoms with E-state index in [1.54, 1.807) is 15.8 Å². The highest BCUT2D eigenvalue weighted by Crippen LogP contribution is 2.23. The van der Waals surface area contributed by atoms with Crippen molar-refractivity contribution in [3.05, 3.63) is 77.3 Å². The number of para-hydroxylation sites is 1. The van der Waals surface area contributed by atoms with Crippen LogP contribution in [0.5, 0.6) is 0 Å². The highest BCUT2D eigenvalue weighted by atomic mass is 35.5. The zero-order chi connectivity index (χ0) is 22.7. The van der Waals surface area contributed by atoms with Crippen molar-refractivity contribution < 1.29 is 17.6 Å². The van der Waals surface area contributed by atoms with Gasteiger partial charge in [0.2, 0.25) is 15.9 Å². The Morgan fingerprint density at radius 2 is 1.78 bits per heavy atom. The maximum atomic E-state index is 13.4. The third-order valence-corrected chi connectivity index (χ3v) is 7.59. The molecule has 0 aliphatic carbocycles. The van der Waals surface area contributed by atoms with Crippen LogP contribution in [0.25, 0.3) is 5.69 Å². The van der Waals surface area contributed by atoms with Crippen LogP contribution < -0.4 is 0 Å². The van der Waals surface area contributed by atoms with Gasteiger partial charge in [0.15, 0.2) is 0 Å². The van der Waals surface area contributed by atoms with Crippen LogP contribution in [0.4, 0.5) is 4.39 Å². The molecule has 2 aromatic carbocycles. The summed E-state index contributed by atoms with van der Waals surface area (Å²) in [5.41, 5.74) is 1.90. The van der Waals surface area contributed by atoms with E-state index >= 15 is 0 Å². The normalized spacial score (nSPS) is 15.1. The quantitative estimate of drug-likeness (QED) is 0.547. The monoisotopic (exact) mass is 476 g/mol. The number of aryl methyl sites for hydroxylation is 1. The highest BCUT2D eigenvalue weighted by molar-refractivity contribution is 7.89. The standard InChI is InChI=1S/C22H22ClFN4O3S/c23-20-14-19(7-8-21(20)24)32(30,31)27-12-10-26(11-13-27)22(29)9-6-17-15-25-28(16-17)18-4-2-1-3-5-18/h1-5,7-8,14-16H,6,9-13H2. The van der Waals surface area contributed by atoms with Crippen molar-refractivity contribution in [3.63, 3.8) is 0 Å². The van der Waals surface area contributed by atoms with Crippen LogP contribution in [-0.4, -0.2) is 59.5 Å². The molecule has 0 bridgehead atoms. The molecule has 0 spiro atoms. The van der Waals surface area contributed by atoms with Crippen LogP contribution >= 0.6 is 11.6 Å². The summed E-state index contributed by atoms with van der Waals surface area (Å²) in [6, 6.07) is 13.1. The third kappa shape index (κ3) is 4.85. The van der Waals surface area contributed by atoms with E-state index in [9.17, 15) is 17.6 Å². The summed E-state index contributed by atoms with van der Waals surface area (Å²) in [5.74, 6) is -0.699. The van der Waals surface area contributed by atoms with Crippen LogP contribution in [0.3, 0.4) is 0 Å². The molecule has 0 atom stereocenters. The fraction of sp³-hybridized carbons (Fsp3) is 0.273. The van der Waals surface area contributed by atoms with Gasteiger partial charge < -0.3 is 4.90 Å². The third-order valence-electron chi connectivity index (χ3n) is 5.40. The Bertz CT molecular complexity index is 1210. The first-order valence-corrected chi connectivity index (χ1v) is 12.0. The lowest BCUT2D eigenvalue weighted by atomic mass is 10.2. The lowest BCUT2D eigenvalue weighted by Gasteiger charge is -2.34. The van der Waals surface area contributed by atoms with Gasteiger partial charge in [-0.2, -0.15) is 9.40 Å². The first kappa shape index (κ1) is 22.4. The van der Waals surface area contributed by atoms with Crippen molar-refractivity contribution in [1.82, 2.24) is 19.0 Å². The van der Waals surface area contributed by atoms with Gasteiger partial charge >= 0.3 is 0 Å². The van der Waals surface area contributed by atoms with Crippen LogP contribution in [0.2, 0.25) is 5.02 Å². The molecule has 168 valence electrons. The number of amides is 1. The Kier molecular flexibility index (Phi) is 6.59. The minimum absolute atomic E-state index is 0.0284. The Balaban J connectivity index is 1.31. The molecule has 0 saturated carbocycles. The van der Waals surface area contributed by atoms with Crippen LogP contribution in [0.15, 0.2) is 65.8 Å². The van der Waals surface area contributed by atoms with E-state index in [-0.39, 0.29) is 28.9 Å². The van der Waals surface area contributed by atoms with E-state index in [4.69, 9.17) is 11.6 Å². The summed E-state index contributed by atoms with van der Waals surface area (Å²) in [6.07, 6.45) is 4.53. The molecule has 0 radical (unpaired) electrons. The summed E-state index contributed by atoms with van der Waals surface area (Å²) in [7, 11) is -3.80. The molecule has 32 heavy (non-hydrogen) atoms. The smallest absolute Gasteiger partial charge is 0.243 e. The number of piperazine rings is 1. The van der Waals surface area contributed by atoms with Gasteiger partial charge in [-0.1, -0.05) is 29.8 Å². The Hall–Kier alpha value is -2.75. The summed E-state index contributed by atoms with van der Waals surface area (Å²) in [5, 5.41) is 4.10.